The third-order valence-corrected chi connectivity index (χ3v) is 4.92. The Hall–Kier alpha value is -1.35. The van der Waals surface area contributed by atoms with Crippen LogP contribution in [0.4, 0.5) is 0 Å². The van der Waals surface area contributed by atoms with Crippen LogP contribution in [0.25, 0.3) is 0 Å². The summed E-state index contributed by atoms with van der Waals surface area (Å²) in [7, 11) is 0. The quantitative estimate of drug-likeness (QED) is 0.703. The van der Waals surface area contributed by atoms with Crippen molar-refractivity contribution in [3.63, 3.8) is 0 Å². The molecule has 0 spiro atoms. The molecule has 1 saturated heterocycles. The van der Waals surface area contributed by atoms with E-state index in [2.05, 4.69) is 41.3 Å². The van der Waals surface area contributed by atoms with Crippen molar-refractivity contribution in [1.29, 1.82) is 0 Å². The Morgan fingerprint density at radius 3 is 2.12 bits per heavy atom. The molecule has 0 bridgehead atoms. The minimum atomic E-state index is -0.0320. The zero-order valence-corrected chi connectivity index (χ0v) is 14.9. The van der Waals surface area contributed by atoms with Crippen molar-refractivity contribution in [3.8, 4) is 0 Å². The summed E-state index contributed by atoms with van der Waals surface area (Å²) >= 11 is 6.04. The van der Waals surface area contributed by atoms with Crippen LogP contribution in [-0.4, -0.2) is 31.1 Å². The predicted molar refractivity (Wildman–Crippen MR) is 101 cm³/mol. The van der Waals surface area contributed by atoms with Gasteiger partial charge in [0.15, 0.2) is 0 Å². The lowest BCUT2D eigenvalue weighted by Gasteiger charge is -2.23. The van der Waals surface area contributed by atoms with Gasteiger partial charge in [-0.3, -0.25) is 0 Å². The number of ether oxygens (including phenoxy) is 1. The molecule has 1 heterocycles. The van der Waals surface area contributed by atoms with E-state index >= 15 is 0 Å². The Kier molecular flexibility index (Phi) is 6.71. The van der Waals surface area contributed by atoms with Crippen LogP contribution in [0.3, 0.4) is 0 Å². The van der Waals surface area contributed by atoms with E-state index in [1.807, 2.05) is 18.2 Å². The Morgan fingerprint density at radius 2 is 1.46 bits per heavy atom. The summed E-state index contributed by atoms with van der Waals surface area (Å²) in [6.07, 6.45) is 5.35. The average Bonchev–Trinajstić information content (AvgIpc) is 2.89. The van der Waals surface area contributed by atoms with Gasteiger partial charge >= 0.3 is 0 Å². The molecule has 2 nitrogen and oxygen atoms in total. The number of hydrogen-bond donors (Lipinski definition) is 0. The van der Waals surface area contributed by atoms with Gasteiger partial charge in [-0.2, -0.15) is 0 Å². The molecule has 128 valence electrons. The van der Waals surface area contributed by atoms with Crippen LogP contribution in [0.5, 0.6) is 0 Å². The maximum Gasteiger partial charge on any atom is 0.108 e. The fraction of sp³-hybridized carbons (Fsp3) is 0.429. The molecule has 1 atom stereocenters. The van der Waals surface area contributed by atoms with Crippen molar-refractivity contribution in [2.45, 2.75) is 31.8 Å². The zero-order chi connectivity index (χ0) is 16.6. The van der Waals surface area contributed by atoms with Gasteiger partial charge < -0.3 is 9.64 Å². The summed E-state index contributed by atoms with van der Waals surface area (Å²) in [4.78, 5) is 2.54. The van der Waals surface area contributed by atoms with Gasteiger partial charge in [-0.1, -0.05) is 66.9 Å². The maximum atomic E-state index is 6.31. The molecule has 0 aromatic heterocycles. The minimum Gasteiger partial charge on any atom is -0.367 e. The van der Waals surface area contributed by atoms with E-state index < -0.39 is 0 Å². The van der Waals surface area contributed by atoms with Crippen LogP contribution in [-0.2, 0) is 4.74 Å². The van der Waals surface area contributed by atoms with E-state index in [0.717, 1.165) is 23.7 Å². The SMILES string of the molecule is Clc1ccc(C(OCCN2CCCCCC2)c2ccccc2)cc1. The Morgan fingerprint density at radius 1 is 0.833 bits per heavy atom. The summed E-state index contributed by atoms with van der Waals surface area (Å²) in [6, 6.07) is 18.4. The van der Waals surface area contributed by atoms with Crippen LogP contribution >= 0.6 is 11.6 Å². The van der Waals surface area contributed by atoms with Gasteiger partial charge in [0.1, 0.15) is 6.10 Å². The molecule has 0 radical (unpaired) electrons. The molecule has 0 N–H and O–H groups in total. The first-order valence-electron chi connectivity index (χ1n) is 8.97. The molecule has 0 amide bonds. The molecular formula is C21H26ClNO. The lowest BCUT2D eigenvalue weighted by atomic mass is 10.0. The van der Waals surface area contributed by atoms with Crippen LogP contribution in [0.2, 0.25) is 5.02 Å². The Bertz CT molecular complexity index is 591. The third kappa shape index (κ3) is 5.07. The fourth-order valence-corrected chi connectivity index (χ4v) is 3.44. The van der Waals surface area contributed by atoms with E-state index in [0.29, 0.717) is 0 Å². The van der Waals surface area contributed by atoms with Gasteiger partial charge in [0.05, 0.1) is 6.61 Å². The van der Waals surface area contributed by atoms with E-state index in [4.69, 9.17) is 16.3 Å². The topological polar surface area (TPSA) is 12.5 Å². The number of likely N-dealkylation sites (tertiary alicyclic amines) is 1. The molecule has 1 aliphatic heterocycles. The number of hydrogen-bond acceptors (Lipinski definition) is 2. The van der Waals surface area contributed by atoms with Gasteiger partial charge in [-0.05, 0) is 49.2 Å². The van der Waals surface area contributed by atoms with Gasteiger partial charge in [-0.25, -0.2) is 0 Å². The standard InChI is InChI=1S/C21H26ClNO/c22-20-12-10-19(11-13-20)21(18-8-4-3-5-9-18)24-17-16-23-14-6-1-2-7-15-23/h3-5,8-13,21H,1-2,6-7,14-17H2. The Labute approximate surface area is 150 Å². The number of benzene rings is 2. The highest BCUT2D eigenvalue weighted by molar-refractivity contribution is 6.30. The van der Waals surface area contributed by atoms with Crippen LogP contribution in [0.15, 0.2) is 54.6 Å². The first-order valence-corrected chi connectivity index (χ1v) is 9.35. The van der Waals surface area contributed by atoms with E-state index in [1.165, 1.54) is 44.3 Å². The molecule has 3 rings (SSSR count). The average molecular weight is 344 g/mol. The van der Waals surface area contributed by atoms with Crippen molar-refractivity contribution in [3.05, 3.63) is 70.7 Å². The second-order valence-corrected chi connectivity index (χ2v) is 6.91. The lowest BCUT2D eigenvalue weighted by molar-refractivity contribution is 0.0605. The van der Waals surface area contributed by atoms with E-state index in [-0.39, 0.29) is 6.10 Å². The third-order valence-electron chi connectivity index (χ3n) is 4.67. The van der Waals surface area contributed by atoms with Crippen molar-refractivity contribution < 1.29 is 4.74 Å². The molecule has 1 aliphatic rings. The number of nitrogens with zero attached hydrogens (tertiary/aromatic N) is 1. The highest BCUT2D eigenvalue weighted by Gasteiger charge is 2.16. The molecule has 3 heteroatoms. The van der Waals surface area contributed by atoms with Crippen LogP contribution < -0.4 is 0 Å². The maximum absolute atomic E-state index is 6.31. The normalized spacial score (nSPS) is 17.4. The van der Waals surface area contributed by atoms with Crippen molar-refractivity contribution >= 4 is 11.6 Å². The number of rotatable bonds is 6. The zero-order valence-electron chi connectivity index (χ0n) is 14.2. The highest BCUT2D eigenvalue weighted by atomic mass is 35.5. The molecule has 0 aliphatic carbocycles. The molecule has 2 aromatic rings. The van der Waals surface area contributed by atoms with Crippen molar-refractivity contribution in [1.82, 2.24) is 4.90 Å². The fourth-order valence-electron chi connectivity index (χ4n) is 3.31. The minimum absolute atomic E-state index is 0.0320. The first kappa shape index (κ1) is 17.5. The highest BCUT2D eigenvalue weighted by Crippen LogP contribution is 2.27. The summed E-state index contributed by atoms with van der Waals surface area (Å²) < 4.78 is 6.31. The van der Waals surface area contributed by atoms with Gasteiger partial charge in [0.2, 0.25) is 0 Å². The Balaban J connectivity index is 1.65. The van der Waals surface area contributed by atoms with Crippen molar-refractivity contribution in [2.75, 3.05) is 26.2 Å². The molecule has 0 saturated carbocycles. The van der Waals surface area contributed by atoms with Crippen LogP contribution in [0.1, 0.15) is 42.9 Å². The predicted octanol–water partition coefficient (Wildman–Crippen LogP) is 5.32. The summed E-state index contributed by atoms with van der Waals surface area (Å²) in [5.41, 5.74) is 2.34. The second kappa shape index (κ2) is 9.22. The summed E-state index contributed by atoms with van der Waals surface area (Å²) in [5.74, 6) is 0. The smallest absolute Gasteiger partial charge is 0.108 e. The second-order valence-electron chi connectivity index (χ2n) is 6.47. The van der Waals surface area contributed by atoms with Gasteiger partial charge in [-0.15, -0.1) is 0 Å². The molecular weight excluding hydrogens is 318 g/mol. The molecule has 2 aromatic carbocycles. The van der Waals surface area contributed by atoms with Crippen LogP contribution in [0, 0.1) is 0 Å². The molecule has 1 fully saturated rings. The molecule has 24 heavy (non-hydrogen) atoms. The first-order chi connectivity index (χ1) is 11.8. The van der Waals surface area contributed by atoms with Gasteiger partial charge in [0, 0.05) is 11.6 Å². The monoisotopic (exact) mass is 343 g/mol. The largest absolute Gasteiger partial charge is 0.367 e. The lowest BCUT2D eigenvalue weighted by Crippen LogP contribution is -2.29. The molecule has 1 unspecified atom stereocenters. The summed E-state index contributed by atoms with van der Waals surface area (Å²) in [6.45, 7) is 4.18. The van der Waals surface area contributed by atoms with Crippen molar-refractivity contribution in [2.24, 2.45) is 0 Å². The van der Waals surface area contributed by atoms with Gasteiger partial charge in [0.25, 0.3) is 0 Å². The van der Waals surface area contributed by atoms with E-state index in [9.17, 15) is 0 Å². The number of halogens is 1. The summed E-state index contributed by atoms with van der Waals surface area (Å²) in [5, 5.41) is 0.759. The van der Waals surface area contributed by atoms with E-state index in [1.54, 1.807) is 0 Å².